The standard InChI is InChI=1S/C33H41NO3/c1-21(2)33-27(23-9-7-8-10-23)17-22(3)18-29(33)28-19-24(11-13-30(28)35-4)26(15-16-34)25-12-14-31(36-5)32(20-25)37-6/h11-15,19-22,29,33H,7-10,17-18H2,1-6H3. The lowest BCUT2D eigenvalue weighted by atomic mass is 9.63. The average Bonchev–Trinajstić information content (AvgIpc) is 3.45. The Morgan fingerprint density at radius 2 is 1.54 bits per heavy atom. The zero-order valence-electron chi connectivity index (χ0n) is 23.3. The quantitative estimate of drug-likeness (QED) is 0.284. The number of hydrogen-bond acceptors (Lipinski definition) is 4. The summed E-state index contributed by atoms with van der Waals surface area (Å²) in [6.07, 6.45) is 9.19. The van der Waals surface area contributed by atoms with Gasteiger partial charge in [-0.3, -0.25) is 0 Å². The van der Waals surface area contributed by atoms with Gasteiger partial charge in [0, 0.05) is 6.08 Å². The maximum atomic E-state index is 9.70. The molecule has 0 amide bonds. The zero-order valence-corrected chi connectivity index (χ0v) is 23.3. The van der Waals surface area contributed by atoms with Crippen LogP contribution in [0.2, 0.25) is 0 Å². The molecule has 2 saturated carbocycles. The van der Waals surface area contributed by atoms with Crippen LogP contribution in [0, 0.1) is 29.1 Å². The van der Waals surface area contributed by atoms with E-state index in [1.807, 2.05) is 18.2 Å². The number of ether oxygens (including phenoxy) is 3. The summed E-state index contributed by atoms with van der Waals surface area (Å²) >= 11 is 0. The van der Waals surface area contributed by atoms with E-state index in [-0.39, 0.29) is 0 Å². The fourth-order valence-electron chi connectivity index (χ4n) is 6.70. The van der Waals surface area contributed by atoms with Gasteiger partial charge in [0.2, 0.25) is 0 Å². The summed E-state index contributed by atoms with van der Waals surface area (Å²) in [6, 6.07) is 14.5. The van der Waals surface area contributed by atoms with Gasteiger partial charge >= 0.3 is 0 Å². The number of nitriles is 1. The van der Waals surface area contributed by atoms with Crippen molar-refractivity contribution in [2.45, 2.75) is 65.2 Å². The van der Waals surface area contributed by atoms with Crippen LogP contribution in [0.15, 0.2) is 53.6 Å². The van der Waals surface area contributed by atoms with E-state index < -0.39 is 0 Å². The maximum Gasteiger partial charge on any atom is 0.161 e. The predicted molar refractivity (Wildman–Crippen MR) is 150 cm³/mol. The molecule has 2 aliphatic carbocycles. The van der Waals surface area contributed by atoms with Crippen LogP contribution in [-0.2, 0) is 0 Å². The number of allylic oxidation sites excluding steroid dienone is 3. The van der Waals surface area contributed by atoms with Gasteiger partial charge < -0.3 is 14.2 Å². The molecule has 2 fully saturated rings. The van der Waals surface area contributed by atoms with E-state index in [2.05, 4.69) is 45.0 Å². The Bertz CT molecular complexity index is 1210. The molecule has 0 N–H and O–H groups in total. The van der Waals surface area contributed by atoms with Gasteiger partial charge in [-0.05, 0) is 109 Å². The Balaban J connectivity index is 1.84. The van der Waals surface area contributed by atoms with Crippen LogP contribution in [0.25, 0.3) is 5.57 Å². The zero-order chi connectivity index (χ0) is 26.5. The number of rotatable bonds is 7. The molecular formula is C33H41NO3. The van der Waals surface area contributed by atoms with E-state index in [9.17, 15) is 5.26 Å². The van der Waals surface area contributed by atoms with Crippen LogP contribution < -0.4 is 14.2 Å². The lowest BCUT2D eigenvalue weighted by molar-refractivity contribution is 0.256. The summed E-state index contributed by atoms with van der Waals surface area (Å²) in [7, 11) is 5.03. The minimum atomic E-state index is 0.385. The van der Waals surface area contributed by atoms with Crippen molar-refractivity contribution < 1.29 is 14.2 Å². The van der Waals surface area contributed by atoms with Crippen molar-refractivity contribution in [2.24, 2.45) is 17.8 Å². The van der Waals surface area contributed by atoms with Crippen molar-refractivity contribution in [3.05, 3.63) is 70.3 Å². The highest BCUT2D eigenvalue weighted by molar-refractivity contribution is 5.83. The van der Waals surface area contributed by atoms with Gasteiger partial charge in [0.1, 0.15) is 5.75 Å². The van der Waals surface area contributed by atoms with Crippen molar-refractivity contribution in [1.82, 2.24) is 0 Å². The van der Waals surface area contributed by atoms with E-state index in [0.29, 0.717) is 35.2 Å². The topological polar surface area (TPSA) is 51.5 Å². The van der Waals surface area contributed by atoms with Gasteiger partial charge in [-0.15, -0.1) is 0 Å². The van der Waals surface area contributed by atoms with Gasteiger partial charge in [0.15, 0.2) is 11.5 Å². The Morgan fingerprint density at radius 3 is 2.14 bits per heavy atom. The fourth-order valence-corrected chi connectivity index (χ4v) is 6.70. The molecule has 196 valence electrons. The van der Waals surface area contributed by atoms with Crippen LogP contribution >= 0.6 is 0 Å². The molecule has 2 aromatic carbocycles. The van der Waals surface area contributed by atoms with Crippen molar-refractivity contribution in [1.29, 1.82) is 5.26 Å². The van der Waals surface area contributed by atoms with Crippen LogP contribution in [0.5, 0.6) is 17.2 Å². The number of nitrogens with zero attached hydrogens (tertiary/aromatic N) is 1. The summed E-state index contributed by atoms with van der Waals surface area (Å²) in [6.45, 7) is 7.16. The molecule has 2 aliphatic rings. The summed E-state index contributed by atoms with van der Waals surface area (Å²) in [5.41, 5.74) is 7.50. The molecule has 0 saturated heterocycles. The molecule has 3 unspecified atom stereocenters. The molecule has 0 spiro atoms. The molecule has 0 bridgehead atoms. The second-order valence-electron chi connectivity index (χ2n) is 11.0. The molecule has 0 aliphatic heterocycles. The molecule has 0 radical (unpaired) electrons. The van der Waals surface area contributed by atoms with Gasteiger partial charge in [0.05, 0.1) is 27.4 Å². The molecule has 0 heterocycles. The number of benzene rings is 2. The Hall–Kier alpha value is -3.19. The van der Waals surface area contributed by atoms with Crippen molar-refractivity contribution >= 4 is 5.57 Å². The highest BCUT2D eigenvalue weighted by Crippen LogP contribution is 2.52. The van der Waals surface area contributed by atoms with Crippen molar-refractivity contribution in [3.63, 3.8) is 0 Å². The first-order valence-electron chi connectivity index (χ1n) is 13.6. The third kappa shape index (κ3) is 5.57. The molecule has 0 aromatic heterocycles. The molecule has 37 heavy (non-hydrogen) atoms. The highest BCUT2D eigenvalue weighted by Gasteiger charge is 2.38. The van der Waals surface area contributed by atoms with E-state index in [1.54, 1.807) is 38.6 Å². The highest BCUT2D eigenvalue weighted by atomic mass is 16.5. The minimum Gasteiger partial charge on any atom is -0.496 e. The first-order chi connectivity index (χ1) is 17.9. The summed E-state index contributed by atoms with van der Waals surface area (Å²) in [5, 5.41) is 9.70. The third-order valence-electron chi connectivity index (χ3n) is 8.28. The van der Waals surface area contributed by atoms with Crippen LogP contribution in [0.3, 0.4) is 0 Å². The van der Waals surface area contributed by atoms with Crippen LogP contribution in [0.4, 0.5) is 0 Å². The van der Waals surface area contributed by atoms with Crippen molar-refractivity contribution in [2.75, 3.05) is 21.3 Å². The predicted octanol–water partition coefficient (Wildman–Crippen LogP) is 8.32. The van der Waals surface area contributed by atoms with Gasteiger partial charge in [-0.1, -0.05) is 44.1 Å². The molecular weight excluding hydrogens is 458 g/mol. The Morgan fingerprint density at radius 1 is 0.919 bits per heavy atom. The van der Waals surface area contributed by atoms with E-state index in [1.165, 1.54) is 37.7 Å². The lowest BCUT2D eigenvalue weighted by Crippen LogP contribution is -2.29. The molecule has 2 aromatic rings. The van der Waals surface area contributed by atoms with Gasteiger partial charge in [0.25, 0.3) is 0 Å². The lowest BCUT2D eigenvalue weighted by Gasteiger charge is -2.41. The summed E-state index contributed by atoms with van der Waals surface area (Å²) in [4.78, 5) is 0. The van der Waals surface area contributed by atoms with Crippen LogP contribution in [0.1, 0.15) is 81.9 Å². The summed E-state index contributed by atoms with van der Waals surface area (Å²) < 4.78 is 16.9. The fraction of sp³-hybridized carbons (Fsp3) is 0.485. The third-order valence-corrected chi connectivity index (χ3v) is 8.28. The smallest absolute Gasteiger partial charge is 0.161 e. The summed E-state index contributed by atoms with van der Waals surface area (Å²) in [5.74, 6) is 4.33. The largest absolute Gasteiger partial charge is 0.496 e. The molecule has 4 heteroatoms. The monoisotopic (exact) mass is 499 g/mol. The first-order valence-corrected chi connectivity index (χ1v) is 13.6. The number of hydrogen-bond donors (Lipinski definition) is 0. The van der Waals surface area contributed by atoms with E-state index in [4.69, 9.17) is 14.2 Å². The second-order valence-corrected chi connectivity index (χ2v) is 11.0. The Labute approximate surface area is 222 Å². The Kier molecular flexibility index (Phi) is 8.64. The normalized spacial score (nSPS) is 22.2. The SMILES string of the molecule is COc1ccc(C(=CC#N)c2ccc(OC)c(C3CC(C)CC(=C4CCCC4)C3C(C)C)c2)cc1OC. The van der Waals surface area contributed by atoms with Crippen LogP contribution in [-0.4, -0.2) is 21.3 Å². The second kappa shape index (κ2) is 11.9. The minimum absolute atomic E-state index is 0.385. The maximum absolute atomic E-state index is 9.70. The molecule has 3 atom stereocenters. The average molecular weight is 500 g/mol. The van der Waals surface area contributed by atoms with E-state index in [0.717, 1.165) is 28.9 Å². The van der Waals surface area contributed by atoms with E-state index >= 15 is 0 Å². The first kappa shape index (κ1) is 26.9. The van der Waals surface area contributed by atoms with Gasteiger partial charge in [-0.2, -0.15) is 5.26 Å². The molecule has 4 rings (SSSR count). The molecule has 4 nitrogen and oxygen atoms in total. The van der Waals surface area contributed by atoms with Crippen molar-refractivity contribution in [3.8, 4) is 23.3 Å². The number of methoxy groups -OCH3 is 3. The van der Waals surface area contributed by atoms with Gasteiger partial charge in [-0.25, -0.2) is 0 Å².